The highest BCUT2D eigenvalue weighted by molar-refractivity contribution is 5.98. The van der Waals surface area contributed by atoms with Gasteiger partial charge in [-0.2, -0.15) is 0 Å². The smallest absolute Gasteiger partial charge is 0.283 e. The molecule has 5 rings (SSSR count). The number of ketones is 1. The number of fused-ring (bicyclic) bond motifs is 3. The highest BCUT2D eigenvalue weighted by Crippen LogP contribution is 2.31. The predicted molar refractivity (Wildman–Crippen MR) is 126 cm³/mol. The van der Waals surface area contributed by atoms with Crippen LogP contribution in [-0.4, -0.2) is 59.0 Å². The average molecular weight is 474 g/mol. The van der Waals surface area contributed by atoms with Crippen molar-refractivity contribution in [1.82, 2.24) is 15.2 Å². The fourth-order valence-corrected chi connectivity index (χ4v) is 4.55. The molecule has 1 atom stereocenters. The Bertz CT molecular complexity index is 1150. The number of nitrogens with one attached hydrogen (secondary N) is 2. The fraction of sp³-hybridized carbons (Fsp3) is 0.423. The Hall–Kier alpha value is -2.68. The van der Waals surface area contributed by atoms with Gasteiger partial charge in [-0.3, -0.25) is 9.69 Å². The van der Waals surface area contributed by atoms with Gasteiger partial charge in [-0.15, -0.1) is 0 Å². The number of aliphatic hydroxyl groups is 1. The van der Waals surface area contributed by atoms with E-state index in [-0.39, 0.29) is 23.6 Å². The van der Waals surface area contributed by atoms with Gasteiger partial charge in [-0.25, -0.2) is 13.2 Å². The number of H-pyrrole nitrogens is 1. The number of para-hydroxylation sites is 1. The lowest BCUT2D eigenvalue weighted by atomic mass is 9.92. The van der Waals surface area contributed by atoms with E-state index in [1.807, 2.05) is 25.1 Å². The van der Waals surface area contributed by atoms with Crippen molar-refractivity contribution in [3.8, 4) is 0 Å². The summed E-state index contributed by atoms with van der Waals surface area (Å²) in [5.41, 5.74) is 4.59. The molecule has 34 heavy (non-hydrogen) atoms. The minimum atomic E-state index is -3.04. The average Bonchev–Trinajstić information content (AvgIpc) is 3.10. The first-order chi connectivity index (χ1) is 16.2. The molecule has 1 aromatic heterocycles. The number of aromatic nitrogens is 1. The van der Waals surface area contributed by atoms with Crippen LogP contribution in [0.15, 0.2) is 42.5 Å². The molecule has 3 heterocycles. The molecular formula is C26H30F3N3O2. The van der Waals surface area contributed by atoms with E-state index >= 15 is 0 Å². The van der Waals surface area contributed by atoms with Gasteiger partial charge in [-0.1, -0.05) is 18.2 Å². The second-order valence-electron chi connectivity index (χ2n) is 9.34. The number of carbonyl (C=O) groups excluding carboxylic acids is 1. The van der Waals surface area contributed by atoms with Gasteiger partial charge in [0.1, 0.15) is 12.4 Å². The monoisotopic (exact) mass is 473 g/mol. The standard InChI is InChI=1S/C15H18F2N2O.C11H12FNO/c1-10-6-12-11-4-2-3-5-13(11)18-14(12)7-19(10)8-15(16,17)9-20;1-7-2-8(4-10(12)3-7)11(14)9-5-13-6-9/h2-5,10,18,20H,6-9H2,1H3;2-4,9,13H,5-6H2,1H3. The van der Waals surface area contributed by atoms with E-state index in [9.17, 15) is 18.0 Å². The van der Waals surface area contributed by atoms with Gasteiger partial charge in [-0.05, 0) is 55.7 Å². The first-order valence-corrected chi connectivity index (χ1v) is 11.5. The number of nitrogens with zero attached hydrogens (tertiary/aromatic N) is 1. The van der Waals surface area contributed by atoms with Crippen molar-refractivity contribution < 1.29 is 23.1 Å². The molecule has 1 unspecified atom stereocenters. The highest BCUT2D eigenvalue weighted by atomic mass is 19.3. The Balaban J connectivity index is 0.000000172. The Morgan fingerprint density at radius 3 is 2.59 bits per heavy atom. The second kappa shape index (κ2) is 9.90. The molecule has 8 heteroatoms. The number of hydrogen-bond donors (Lipinski definition) is 3. The van der Waals surface area contributed by atoms with Crippen LogP contribution < -0.4 is 5.32 Å². The zero-order valence-corrected chi connectivity index (χ0v) is 19.4. The number of aromatic amines is 1. The number of aryl methyl sites for hydroxylation is 1. The Kier molecular flexibility index (Phi) is 7.12. The van der Waals surface area contributed by atoms with E-state index in [4.69, 9.17) is 5.11 Å². The van der Waals surface area contributed by atoms with E-state index in [2.05, 4.69) is 16.4 Å². The van der Waals surface area contributed by atoms with Crippen molar-refractivity contribution >= 4 is 16.7 Å². The van der Waals surface area contributed by atoms with Crippen molar-refractivity contribution in [2.24, 2.45) is 5.92 Å². The van der Waals surface area contributed by atoms with Crippen LogP contribution in [0.5, 0.6) is 0 Å². The Morgan fingerprint density at radius 1 is 1.21 bits per heavy atom. The molecule has 2 aliphatic rings. The summed E-state index contributed by atoms with van der Waals surface area (Å²) in [6.07, 6.45) is 0.751. The molecule has 0 amide bonds. The summed E-state index contributed by atoms with van der Waals surface area (Å²) in [6, 6.07) is 12.5. The van der Waals surface area contributed by atoms with Crippen LogP contribution in [-0.2, 0) is 13.0 Å². The maximum atomic E-state index is 13.4. The van der Waals surface area contributed by atoms with Crippen LogP contribution in [0.3, 0.4) is 0 Å². The molecule has 0 aliphatic carbocycles. The third-order valence-corrected chi connectivity index (χ3v) is 6.53. The topological polar surface area (TPSA) is 68.4 Å². The van der Waals surface area contributed by atoms with Gasteiger partial charge in [0.15, 0.2) is 5.78 Å². The van der Waals surface area contributed by atoms with Crippen LogP contribution in [0.4, 0.5) is 13.2 Å². The van der Waals surface area contributed by atoms with Gasteiger partial charge in [0.25, 0.3) is 5.92 Å². The quantitative estimate of drug-likeness (QED) is 0.489. The van der Waals surface area contributed by atoms with E-state index in [1.165, 1.54) is 23.1 Å². The molecule has 0 radical (unpaired) electrons. The zero-order chi connectivity index (χ0) is 24.5. The number of halogens is 3. The lowest BCUT2D eigenvalue weighted by molar-refractivity contribution is -0.0819. The fourth-order valence-electron chi connectivity index (χ4n) is 4.55. The molecule has 3 aromatic rings. The molecule has 0 saturated carbocycles. The summed E-state index contributed by atoms with van der Waals surface area (Å²) in [7, 11) is 0. The maximum absolute atomic E-state index is 13.4. The molecule has 2 aliphatic heterocycles. The third-order valence-electron chi connectivity index (χ3n) is 6.53. The number of rotatable bonds is 5. The van der Waals surface area contributed by atoms with Gasteiger partial charge in [0.05, 0.1) is 6.54 Å². The van der Waals surface area contributed by atoms with Crippen LogP contribution in [0.2, 0.25) is 0 Å². The summed E-state index contributed by atoms with van der Waals surface area (Å²) in [5.74, 6) is -3.29. The van der Waals surface area contributed by atoms with Gasteiger partial charge in [0, 0.05) is 53.8 Å². The zero-order valence-electron chi connectivity index (χ0n) is 19.4. The Morgan fingerprint density at radius 2 is 1.94 bits per heavy atom. The second-order valence-corrected chi connectivity index (χ2v) is 9.34. The lowest BCUT2D eigenvalue weighted by Crippen LogP contribution is -2.46. The van der Waals surface area contributed by atoms with Crippen molar-refractivity contribution in [1.29, 1.82) is 0 Å². The Labute approximate surface area is 197 Å². The van der Waals surface area contributed by atoms with Crippen molar-refractivity contribution in [3.63, 3.8) is 0 Å². The summed E-state index contributed by atoms with van der Waals surface area (Å²) in [6.45, 7) is 4.15. The SMILES string of the molecule is CC1Cc2c([nH]c3ccccc23)CN1CC(F)(F)CO.Cc1cc(F)cc(C(=O)C2CNC2)c1. The van der Waals surface area contributed by atoms with Crippen molar-refractivity contribution in [2.75, 3.05) is 26.2 Å². The van der Waals surface area contributed by atoms with Crippen molar-refractivity contribution in [3.05, 3.63) is 70.7 Å². The molecule has 0 bridgehead atoms. The highest BCUT2D eigenvalue weighted by Gasteiger charge is 2.35. The molecule has 1 saturated heterocycles. The lowest BCUT2D eigenvalue weighted by Gasteiger charge is -2.35. The molecule has 3 N–H and O–H groups in total. The predicted octanol–water partition coefficient (Wildman–Crippen LogP) is 4.08. The maximum Gasteiger partial charge on any atom is 0.283 e. The summed E-state index contributed by atoms with van der Waals surface area (Å²) in [4.78, 5) is 16.8. The number of aliphatic hydroxyl groups excluding tert-OH is 1. The van der Waals surface area contributed by atoms with Gasteiger partial charge >= 0.3 is 0 Å². The normalized spacial score (nSPS) is 18.7. The molecule has 1 fully saturated rings. The molecule has 182 valence electrons. The number of hydrogen-bond acceptors (Lipinski definition) is 4. The molecule has 5 nitrogen and oxygen atoms in total. The summed E-state index contributed by atoms with van der Waals surface area (Å²) < 4.78 is 39.8. The first kappa shape index (κ1) is 24.4. The van der Waals surface area contributed by atoms with Gasteiger partial charge in [0.2, 0.25) is 0 Å². The van der Waals surface area contributed by atoms with E-state index in [1.54, 1.807) is 17.9 Å². The van der Waals surface area contributed by atoms with E-state index < -0.39 is 19.1 Å². The number of alkyl halides is 2. The van der Waals surface area contributed by atoms with E-state index in [0.29, 0.717) is 25.2 Å². The molecular weight excluding hydrogens is 443 g/mol. The largest absolute Gasteiger partial charge is 0.390 e. The van der Waals surface area contributed by atoms with Gasteiger partial charge < -0.3 is 15.4 Å². The molecule has 2 aromatic carbocycles. The van der Waals surface area contributed by atoms with Crippen LogP contribution in [0, 0.1) is 18.7 Å². The number of carbonyl (C=O) groups is 1. The number of benzene rings is 2. The summed E-state index contributed by atoms with van der Waals surface area (Å²) in [5, 5.41) is 12.9. The van der Waals surface area contributed by atoms with Crippen LogP contribution in [0.25, 0.3) is 10.9 Å². The summed E-state index contributed by atoms with van der Waals surface area (Å²) >= 11 is 0. The van der Waals surface area contributed by atoms with Crippen molar-refractivity contribution in [2.45, 2.75) is 38.8 Å². The minimum Gasteiger partial charge on any atom is -0.390 e. The van der Waals surface area contributed by atoms with Crippen LogP contribution in [0.1, 0.15) is 34.1 Å². The first-order valence-electron chi connectivity index (χ1n) is 11.5. The molecule has 0 spiro atoms. The third kappa shape index (κ3) is 5.35. The minimum absolute atomic E-state index is 0.0381. The number of Topliss-reactive ketones (excluding diaryl/α,β-unsaturated/α-hetero) is 1. The van der Waals surface area contributed by atoms with E-state index in [0.717, 1.165) is 23.2 Å². The van der Waals surface area contributed by atoms with Crippen LogP contribution >= 0.6 is 0 Å².